The topological polar surface area (TPSA) is 59.4 Å². The quantitative estimate of drug-likeness (QED) is 0.914. The van der Waals surface area contributed by atoms with Gasteiger partial charge in [0.05, 0.1) is 12.7 Å². The number of carboxylic acid groups (broad SMARTS) is 1. The first kappa shape index (κ1) is 13.1. The monoisotopic (exact) mass is 257 g/mol. The maximum Gasteiger partial charge on any atom is 0.337 e. The van der Waals surface area contributed by atoms with Crippen LogP contribution in [0.15, 0.2) is 36.7 Å². The molecule has 19 heavy (non-hydrogen) atoms. The van der Waals surface area contributed by atoms with E-state index in [1.807, 2.05) is 25.1 Å². The Balaban J connectivity index is 2.47. The molecule has 0 radical (unpaired) electrons. The van der Waals surface area contributed by atoms with Gasteiger partial charge in [0, 0.05) is 18.0 Å². The highest BCUT2D eigenvalue weighted by molar-refractivity contribution is 5.88. The fraction of sp³-hybridized carbons (Fsp3) is 0.200. The number of aromatic carboxylic acids is 1. The summed E-state index contributed by atoms with van der Waals surface area (Å²) in [5.74, 6) is -0.132. The van der Waals surface area contributed by atoms with Crippen molar-refractivity contribution in [2.24, 2.45) is 0 Å². The predicted molar refractivity (Wildman–Crippen MR) is 72.6 cm³/mol. The lowest BCUT2D eigenvalue weighted by Crippen LogP contribution is -1.97. The molecule has 0 amide bonds. The number of carboxylic acids is 1. The van der Waals surface area contributed by atoms with Crippen LogP contribution in [0.1, 0.15) is 22.8 Å². The van der Waals surface area contributed by atoms with Gasteiger partial charge in [-0.05, 0) is 35.7 Å². The molecule has 0 aliphatic carbocycles. The molecule has 1 aromatic heterocycles. The molecule has 0 aliphatic rings. The average molecular weight is 257 g/mol. The maximum atomic E-state index is 10.9. The van der Waals surface area contributed by atoms with E-state index in [4.69, 9.17) is 9.84 Å². The van der Waals surface area contributed by atoms with Crippen LogP contribution >= 0.6 is 0 Å². The van der Waals surface area contributed by atoms with E-state index in [1.54, 1.807) is 19.4 Å². The van der Waals surface area contributed by atoms with Crippen molar-refractivity contribution in [2.45, 2.75) is 13.3 Å². The van der Waals surface area contributed by atoms with Gasteiger partial charge in [-0.25, -0.2) is 4.79 Å². The van der Waals surface area contributed by atoms with Gasteiger partial charge >= 0.3 is 5.97 Å². The summed E-state index contributed by atoms with van der Waals surface area (Å²) in [5, 5.41) is 8.98. The van der Waals surface area contributed by atoms with Crippen LogP contribution in [-0.2, 0) is 6.42 Å². The fourth-order valence-corrected chi connectivity index (χ4v) is 1.95. The Morgan fingerprint density at radius 2 is 2.05 bits per heavy atom. The van der Waals surface area contributed by atoms with Crippen molar-refractivity contribution in [2.75, 3.05) is 7.11 Å². The highest BCUT2D eigenvalue weighted by atomic mass is 16.5. The minimum absolute atomic E-state index is 0.186. The van der Waals surface area contributed by atoms with Gasteiger partial charge in [-0.15, -0.1) is 0 Å². The van der Waals surface area contributed by atoms with Crippen LogP contribution in [0.25, 0.3) is 11.1 Å². The lowest BCUT2D eigenvalue weighted by atomic mass is 10.0. The first-order chi connectivity index (χ1) is 9.15. The predicted octanol–water partition coefficient (Wildman–Crippen LogP) is 3.02. The molecule has 0 spiro atoms. The number of nitrogens with zero attached hydrogens (tertiary/aromatic N) is 1. The van der Waals surface area contributed by atoms with Crippen molar-refractivity contribution in [3.05, 3.63) is 47.8 Å². The highest BCUT2D eigenvalue weighted by Gasteiger charge is 2.08. The van der Waals surface area contributed by atoms with Crippen molar-refractivity contribution in [3.8, 4) is 16.9 Å². The average Bonchev–Trinajstić information content (AvgIpc) is 2.46. The Bertz CT molecular complexity index is 608. The number of carbonyl (C=O) groups is 1. The largest absolute Gasteiger partial charge is 0.496 e. The van der Waals surface area contributed by atoms with Crippen LogP contribution in [0.2, 0.25) is 0 Å². The second-order valence-corrected chi connectivity index (χ2v) is 4.15. The standard InChI is InChI=1S/C15H15NO3/c1-3-10-6-11(4-5-14(10)19-2)12-7-13(15(17)18)9-16-8-12/h4-9H,3H2,1-2H3,(H,17,18). The molecule has 0 saturated carbocycles. The summed E-state index contributed by atoms with van der Waals surface area (Å²) in [4.78, 5) is 14.9. The number of rotatable bonds is 4. The third-order valence-corrected chi connectivity index (χ3v) is 2.98. The first-order valence-electron chi connectivity index (χ1n) is 6.01. The van der Waals surface area contributed by atoms with E-state index in [9.17, 15) is 4.79 Å². The third kappa shape index (κ3) is 2.73. The molecule has 0 saturated heterocycles. The van der Waals surface area contributed by atoms with Gasteiger partial charge in [0.25, 0.3) is 0 Å². The molecule has 4 nitrogen and oxygen atoms in total. The Labute approximate surface area is 111 Å². The zero-order chi connectivity index (χ0) is 13.8. The molecule has 0 atom stereocenters. The molecule has 0 bridgehead atoms. The molecule has 2 rings (SSSR count). The van der Waals surface area contributed by atoms with E-state index in [-0.39, 0.29) is 5.56 Å². The molecule has 0 fully saturated rings. The number of ether oxygens (including phenoxy) is 1. The van der Waals surface area contributed by atoms with Crippen LogP contribution in [0.4, 0.5) is 0 Å². The molecule has 1 heterocycles. The Kier molecular flexibility index (Phi) is 3.80. The van der Waals surface area contributed by atoms with Crippen molar-refractivity contribution < 1.29 is 14.6 Å². The maximum absolute atomic E-state index is 10.9. The molecule has 0 aliphatic heterocycles. The van der Waals surface area contributed by atoms with Gasteiger partial charge in [-0.2, -0.15) is 0 Å². The minimum Gasteiger partial charge on any atom is -0.496 e. The molecule has 4 heteroatoms. The van der Waals surface area contributed by atoms with E-state index in [2.05, 4.69) is 4.98 Å². The number of benzene rings is 1. The molecule has 1 N–H and O–H groups in total. The van der Waals surface area contributed by atoms with Crippen molar-refractivity contribution in [1.82, 2.24) is 4.98 Å². The Morgan fingerprint density at radius 3 is 2.68 bits per heavy atom. The van der Waals surface area contributed by atoms with Gasteiger partial charge in [-0.1, -0.05) is 13.0 Å². The number of methoxy groups -OCH3 is 1. The smallest absolute Gasteiger partial charge is 0.337 e. The molecule has 98 valence electrons. The summed E-state index contributed by atoms with van der Waals surface area (Å²) < 4.78 is 5.28. The minimum atomic E-state index is -0.974. The van der Waals surface area contributed by atoms with E-state index < -0.39 is 5.97 Å². The van der Waals surface area contributed by atoms with E-state index in [0.717, 1.165) is 28.9 Å². The zero-order valence-electron chi connectivity index (χ0n) is 10.9. The van der Waals surface area contributed by atoms with E-state index in [0.29, 0.717) is 0 Å². The summed E-state index contributed by atoms with van der Waals surface area (Å²) in [5.41, 5.74) is 3.00. The van der Waals surface area contributed by atoms with Gasteiger partial charge < -0.3 is 9.84 Å². The van der Waals surface area contributed by atoms with Crippen LogP contribution in [-0.4, -0.2) is 23.2 Å². The van der Waals surface area contributed by atoms with Crippen molar-refractivity contribution in [1.29, 1.82) is 0 Å². The highest BCUT2D eigenvalue weighted by Crippen LogP contribution is 2.27. The van der Waals surface area contributed by atoms with Gasteiger partial charge in [0.15, 0.2) is 0 Å². The van der Waals surface area contributed by atoms with E-state index >= 15 is 0 Å². The summed E-state index contributed by atoms with van der Waals surface area (Å²) in [6.07, 6.45) is 3.85. The molecular weight excluding hydrogens is 242 g/mol. The number of hydrogen-bond acceptors (Lipinski definition) is 3. The van der Waals surface area contributed by atoms with Crippen LogP contribution in [0.3, 0.4) is 0 Å². The Morgan fingerprint density at radius 1 is 1.26 bits per heavy atom. The Hall–Kier alpha value is -2.36. The molecule has 0 unspecified atom stereocenters. The summed E-state index contributed by atoms with van der Waals surface area (Å²) in [6.45, 7) is 2.05. The lowest BCUT2D eigenvalue weighted by Gasteiger charge is -2.09. The van der Waals surface area contributed by atoms with Crippen molar-refractivity contribution >= 4 is 5.97 Å². The van der Waals surface area contributed by atoms with Gasteiger partial charge in [0.1, 0.15) is 5.75 Å². The van der Waals surface area contributed by atoms with Gasteiger partial charge in [0.2, 0.25) is 0 Å². The van der Waals surface area contributed by atoms with Crippen LogP contribution < -0.4 is 4.74 Å². The summed E-state index contributed by atoms with van der Waals surface area (Å²) in [6, 6.07) is 7.42. The number of aryl methyl sites for hydroxylation is 1. The number of pyridine rings is 1. The third-order valence-electron chi connectivity index (χ3n) is 2.98. The van der Waals surface area contributed by atoms with E-state index in [1.165, 1.54) is 6.20 Å². The second kappa shape index (κ2) is 5.52. The normalized spacial score (nSPS) is 10.2. The van der Waals surface area contributed by atoms with Crippen molar-refractivity contribution in [3.63, 3.8) is 0 Å². The van der Waals surface area contributed by atoms with Crippen LogP contribution in [0, 0.1) is 0 Å². The molecule has 1 aromatic carbocycles. The van der Waals surface area contributed by atoms with Gasteiger partial charge in [-0.3, -0.25) is 4.98 Å². The lowest BCUT2D eigenvalue weighted by molar-refractivity contribution is 0.0696. The molecule has 2 aromatic rings. The number of hydrogen-bond donors (Lipinski definition) is 1. The second-order valence-electron chi connectivity index (χ2n) is 4.15. The van der Waals surface area contributed by atoms with Crippen LogP contribution in [0.5, 0.6) is 5.75 Å². The summed E-state index contributed by atoms with van der Waals surface area (Å²) in [7, 11) is 1.64. The molecular formula is C15H15NO3. The summed E-state index contributed by atoms with van der Waals surface area (Å²) >= 11 is 0. The fourth-order valence-electron chi connectivity index (χ4n) is 1.95. The first-order valence-corrected chi connectivity index (χ1v) is 6.01. The number of aromatic nitrogens is 1. The SMILES string of the molecule is CCc1cc(-c2cncc(C(=O)O)c2)ccc1OC. The zero-order valence-corrected chi connectivity index (χ0v) is 10.9.